The first kappa shape index (κ1) is 15.1. The molecule has 3 nitrogen and oxygen atoms in total. The SMILES string of the molecule is O=C(NCCc1ccc(O)cc1)c1ccc(Br)cc1Br. The van der Waals surface area contributed by atoms with Crippen LogP contribution in [0, 0.1) is 0 Å². The molecule has 0 saturated heterocycles. The lowest BCUT2D eigenvalue weighted by Gasteiger charge is -2.07. The minimum atomic E-state index is -0.108. The molecule has 0 aliphatic heterocycles. The molecule has 2 aromatic carbocycles. The van der Waals surface area contributed by atoms with Gasteiger partial charge >= 0.3 is 0 Å². The lowest BCUT2D eigenvalue weighted by molar-refractivity contribution is 0.0953. The van der Waals surface area contributed by atoms with E-state index in [1.807, 2.05) is 24.3 Å². The van der Waals surface area contributed by atoms with Crippen molar-refractivity contribution in [1.82, 2.24) is 5.32 Å². The summed E-state index contributed by atoms with van der Waals surface area (Å²) >= 11 is 6.73. The van der Waals surface area contributed by atoms with Crippen LogP contribution in [0.25, 0.3) is 0 Å². The fourth-order valence-electron chi connectivity index (χ4n) is 1.75. The van der Waals surface area contributed by atoms with Gasteiger partial charge in [-0.2, -0.15) is 0 Å². The van der Waals surface area contributed by atoms with Crippen molar-refractivity contribution >= 4 is 37.8 Å². The van der Waals surface area contributed by atoms with Crippen LogP contribution in [-0.4, -0.2) is 17.6 Å². The zero-order valence-electron chi connectivity index (χ0n) is 10.6. The van der Waals surface area contributed by atoms with E-state index in [2.05, 4.69) is 37.2 Å². The topological polar surface area (TPSA) is 49.3 Å². The van der Waals surface area contributed by atoms with Gasteiger partial charge in [-0.1, -0.05) is 28.1 Å². The highest BCUT2D eigenvalue weighted by Crippen LogP contribution is 2.21. The van der Waals surface area contributed by atoms with E-state index in [1.165, 1.54) is 0 Å². The molecule has 0 aliphatic carbocycles. The molecule has 5 heteroatoms. The Hall–Kier alpha value is -1.33. The molecule has 0 bridgehead atoms. The van der Waals surface area contributed by atoms with Crippen LogP contribution in [0.1, 0.15) is 15.9 Å². The first-order valence-corrected chi connectivity index (χ1v) is 7.66. The van der Waals surface area contributed by atoms with Crippen molar-refractivity contribution in [1.29, 1.82) is 0 Å². The van der Waals surface area contributed by atoms with E-state index in [1.54, 1.807) is 18.2 Å². The summed E-state index contributed by atoms with van der Waals surface area (Å²) in [4.78, 5) is 12.0. The van der Waals surface area contributed by atoms with Gasteiger partial charge in [0.25, 0.3) is 5.91 Å². The minimum Gasteiger partial charge on any atom is -0.508 e. The molecule has 0 unspecified atom stereocenters. The number of phenols is 1. The van der Waals surface area contributed by atoms with Crippen LogP contribution in [0.4, 0.5) is 0 Å². The average Bonchev–Trinajstić information content (AvgIpc) is 2.41. The predicted octanol–water partition coefficient (Wildman–Crippen LogP) is 3.89. The maximum absolute atomic E-state index is 12.0. The van der Waals surface area contributed by atoms with Crippen molar-refractivity contribution in [3.8, 4) is 5.75 Å². The van der Waals surface area contributed by atoms with Gasteiger partial charge in [-0.25, -0.2) is 0 Å². The quantitative estimate of drug-likeness (QED) is 0.820. The molecule has 104 valence electrons. The molecular weight excluding hydrogens is 386 g/mol. The van der Waals surface area contributed by atoms with E-state index >= 15 is 0 Å². The number of benzene rings is 2. The molecule has 2 rings (SSSR count). The van der Waals surface area contributed by atoms with Gasteiger partial charge in [0.2, 0.25) is 0 Å². The molecule has 2 aromatic rings. The van der Waals surface area contributed by atoms with E-state index in [0.717, 1.165) is 20.9 Å². The van der Waals surface area contributed by atoms with Gasteiger partial charge in [-0.15, -0.1) is 0 Å². The van der Waals surface area contributed by atoms with Crippen molar-refractivity contribution in [3.63, 3.8) is 0 Å². The maximum atomic E-state index is 12.0. The molecule has 0 fully saturated rings. The van der Waals surface area contributed by atoms with Gasteiger partial charge in [-0.3, -0.25) is 4.79 Å². The smallest absolute Gasteiger partial charge is 0.252 e. The molecule has 0 radical (unpaired) electrons. The fourth-order valence-corrected chi connectivity index (χ4v) is 2.98. The summed E-state index contributed by atoms with van der Waals surface area (Å²) in [7, 11) is 0. The summed E-state index contributed by atoms with van der Waals surface area (Å²) in [5, 5.41) is 12.1. The zero-order chi connectivity index (χ0) is 14.5. The largest absolute Gasteiger partial charge is 0.508 e. The minimum absolute atomic E-state index is 0.108. The second-order valence-electron chi connectivity index (χ2n) is 4.30. The molecular formula is C15H13Br2NO2. The summed E-state index contributed by atoms with van der Waals surface area (Å²) < 4.78 is 1.68. The van der Waals surface area contributed by atoms with E-state index in [4.69, 9.17) is 0 Å². The fraction of sp³-hybridized carbons (Fsp3) is 0.133. The van der Waals surface area contributed by atoms with E-state index < -0.39 is 0 Å². The van der Waals surface area contributed by atoms with Crippen LogP contribution in [0.3, 0.4) is 0 Å². The first-order chi connectivity index (χ1) is 9.56. The van der Waals surface area contributed by atoms with Crippen LogP contribution < -0.4 is 5.32 Å². The lowest BCUT2D eigenvalue weighted by Crippen LogP contribution is -2.26. The first-order valence-electron chi connectivity index (χ1n) is 6.07. The third-order valence-electron chi connectivity index (χ3n) is 2.81. The van der Waals surface area contributed by atoms with E-state index in [9.17, 15) is 9.90 Å². The highest BCUT2D eigenvalue weighted by molar-refractivity contribution is 9.11. The Morgan fingerprint density at radius 2 is 1.80 bits per heavy atom. The number of rotatable bonds is 4. The van der Waals surface area contributed by atoms with Gasteiger partial charge in [-0.05, 0) is 58.2 Å². The number of carbonyl (C=O) groups is 1. The summed E-state index contributed by atoms with van der Waals surface area (Å²) in [6.45, 7) is 0.548. The van der Waals surface area contributed by atoms with Crippen molar-refractivity contribution < 1.29 is 9.90 Å². The van der Waals surface area contributed by atoms with Crippen molar-refractivity contribution in [2.24, 2.45) is 0 Å². The molecule has 0 saturated carbocycles. The number of hydrogen-bond acceptors (Lipinski definition) is 2. The Bertz CT molecular complexity index is 612. The summed E-state index contributed by atoms with van der Waals surface area (Å²) in [5.74, 6) is 0.139. The Balaban J connectivity index is 1.90. The number of halogens is 2. The third kappa shape index (κ3) is 4.08. The van der Waals surface area contributed by atoms with Crippen LogP contribution in [-0.2, 0) is 6.42 Å². The number of hydrogen-bond donors (Lipinski definition) is 2. The number of amides is 1. The van der Waals surface area contributed by atoms with Crippen LogP contribution in [0.15, 0.2) is 51.4 Å². The van der Waals surface area contributed by atoms with Crippen LogP contribution in [0.5, 0.6) is 5.75 Å². The number of nitrogens with one attached hydrogen (secondary N) is 1. The number of phenolic OH excluding ortho intramolecular Hbond substituents is 1. The molecule has 20 heavy (non-hydrogen) atoms. The molecule has 0 spiro atoms. The number of carbonyl (C=O) groups excluding carboxylic acids is 1. The molecule has 0 heterocycles. The van der Waals surface area contributed by atoms with Gasteiger partial charge in [0.15, 0.2) is 0 Å². The predicted molar refractivity (Wildman–Crippen MR) is 86.0 cm³/mol. The van der Waals surface area contributed by atoms with Gasteiger partial charge in [0, 0.05) is 15.5 Å². The number of aromatic hydroxyl groups is 1. The zero-order valence-corrected chi connectivity index (χ0v) is 13.7. The summed E-state index contributed by atoms with van der Waals surface area (Å²) in [5.41, 5.74) is 1.68. The van der Waals surface area contributed by atoms with Crippen molar-refractivity contribution in [3.05, 3.63) is 62.5 Å². The van der Waals surface area contributed by atoms with E-state index in [0.29, 0.717) is 12.1 Å². The van der Waals surface area contributed by atoms with Crippen LogP contribution in [0.2, 0.25) is 0 Å². The van der Waals surface area contributed by atoms with E-state index in [-0.39, 0.29) is 11.7 Å². The van der Waals surface area contributed by atoms with Gasteiger partial charge < -0.3 is 10.4 Å². The van der Waals surface area contributed by atoms with Crippen molar-refractivity contribution in [2.45, 2.75) is 6.42 Å². The highest BCUT2D eigenvalue weighted by Gasteiger charge is 2.09. The van der Waals surface area contributed by atoms with Crippen LogP contribution >= 0.6 is 31.9 Å². The Morgan fingerprint density at radius 1 is 1.10 bits per heavy atom. The monoisotopic (exact) mass is 397 g/mol. The highest BCUT2D eigenvalue weighted by atomic mass is 79.9. The normalized spacial score (nSPS) is 10.3. The molecule has 2 N–H and O–H groups in total. The lowest BCUT2D eigenvalue weighted by atomic mass is 10.1. The van der Waals surface area contributed by atoms with Crippen molar-refractivity contribution in [2.75, 3.05) is 6.54 Å². The Labute approximate surface area is 134 Å². The standard InChI is InChI=1S/C15H13Br2NO2/c16-11-3-6-13(14(17)9-11)15(20)18-8-7-10-1-4-12(19)5-2-10/h1-6,9,19H,7-8H2,(H,18,20). The Kier molecular flexibility index (Phi) is 5.20. The molecule has 0 aliphatic rings. The molecule has 0 atom stereocenters. The molecule has 1 amide bonds. The third-order valence-corrected chi connectivity index (χ3v) is 3.96. The van der Waals surface area contributed by atoms with Gasteiger partial charge in [0.1, 0.15) is 5.75 Å². The molecule has 0 aromatic heterocycles. The Morgan fingerprint density at radius 3 is 2.45 bits per heavy atom. The maximum Gasteiger partial charge on any atom is 0.252 e. The summed E-state index contributed by atoms with van der Waals surface area (Å²) in [6.07, 6.45) is 0.722. The summed E-state index contributed by atoms with van der Waals surface area (Å²) in [6, 6.07) is 12.4. The second-order valence-corrected chi connectivity index (χ2v) is 6.07. The van der Waals surface area contributed by atoms with Gasteiger partial charge in [0.05, 0.1) is 5.56 Å². The second kappa shape index (κ2) is 6.90. The average molecular weight is 399 g/mol.